The summed E-state index contributed by atoms with van der Waals surface area (Å²) in [5.74, 6) is -3.14. The quantitative estimate of drug-likeness (QED) is 0.285. The zero-order valence-corrected chi connectivity index (χ0v) is 21.2. The van der Waals surface area contributed by atoms with E-state index in [-0.39, 0.29) is 46.4 Å². The van der Waals surface area contributed by atoms with Gasteiger partial charge in [0.05, 0.1) is 41.7 Å². The molecule has 1 aromatic carbocycles. The molecule has 2 aromatic rings. The van der Waals surface area contributed by atoms with Gasteiger partial charge >= 0.3 is 11.9 Å². The fourth-order valence-electron chi connectivity index (χ4n) is 3.69. The number of benzene rings is 1. The number of hydrazone groups is 1. The molecule has 0 bridgehead atoms. The highest BCUT2D eigenvalue weighted by Crippen LogP contribution is 2.31. The van der Waals surface area contributed by atoms with Crippen LogP contribution in [0.1, 0.15) is 51.2 Å². The number of amides is 1. The van der Waals surface area contributed by atoms with Crippen LogP contribution >= 0.6 is 11.3 Å². The standard InChI is InChI=1S/C26H25N3O6S/c1-5-34-25(32)22-15(3)23(26(33)35-6-2)36-21(22)13-20(30)17(14-27)12-19-16(4)28-29(24(19)31)18-10-8-7-9-11-18/h7-12,19H,5-6,13H2,1-4H3/b17-12-/t19-/m0/s1. The Bertz CT molecular complexity index is 1300. The van der Waals surface area contributed by atoms with Gasteiger partial charge in [-0.05, 0) is 51.5 Å². The van der Waals surface area contributed by atoms with Gasteiger partial charge in [0.25, 0.3) is 5.91 Å². The lowest BCUT2D eigenvalue weighted by Gasteiger charge is -2.12. The third kappa shape index (κ3) is 5.42. The van der Waals surface area contributed by atoms with Crippen LogP contribution in [-0.4, -0.2) is 42.6 Å². The summed E-state index contributed by atoms with van der Waals surface area (Å²) in [5.41, 5.74) is 1.24. The molecular formula is C26H25N3O6S. The predicted octanol–water partition coefficient (Wildman–Crippen LogP) is 4.01. The van der Waals surface area contributed by atoms with E-state index < -0.39 is 23.6 Å². The van der Waals surface area contributed by atoms with Crippen molar-refractivity contribution in [1.82, 2.24) is 0 Å². The molecule has 1 aromatic heterocycles. The molecule has 0 saturated heterocycles. The van der Waals surface area contributed by atoms with Crippen LogP contribution in [0.3, 0.4) is 0 Å². The van der Waals surface area contributed by atoms with E-state index in [1.165, 1.54) is 11.1 Å². The Morgan fingerprint density at radius 1 is 1.11 bits per heavy atom. The number of anilines is 1. The highest BCUT2D eigenvalue weighted by Gasteiger charge is 2.34. The predicted molar refractivity (Wildman–Crippen MR) is 134 cm³/mol. The van der Waals surface area contributed by atoms with Gasteiger partial charge in [0.2, 0.25) is 0 Å². The summed E-state index contributed by atoms with van der Waals surface area (Å²) < 4.78 is 10.2. The molecule has 186 valence electrons. The number of nitriles is 1. The molecule has 0 saturated carbocycles. The average Bonchev–Trinajstić information content (AvgIpc) is 3.33. The minimum absolute atomic E-state index is 0.111. The van der Waals surface area contributed by atoms with E-state index in [4.69, 9.17) is 9.47 Å². The van der Waals surface area contributed by atoms with Crippen molar-refractivity contribution in [2.45, 2.75) is 34.1 Å². The van der Waals surface area contributed by atoms with Gasteiger partial charge < -0.3 is 9.47 Å². The van der Waals surface area contributed by atoms with Crippen LogP contribution in [0.4, 0.5) is 5.69 Å². The third-order valence-electron chi connectivity index (χ3n) is 5.42. The fraction of sp³-hybridized carbons (Fsp3) is 0.308. The van der Waals surface area contributed by atoms with Crippen molar-refractivity contribution >= 4 is 46.4 Å². The van der Waals surface area contributed by atoms with Crippen LogP contribution in [0, 0.1) is 24.2 Å². The van der Waals surface area contributed by atoms with Gasteiger partial charge in [0.1, 0.15) is 10.9 Å². The number of ether oxygens (including phenoxy) is 2. The number of carbonyl (C=O) groups excluding carboxylic acids is 4. The number of nitrogens with zero attached hydrogens (tertiary/aromatic N) is 3. The number of carbonyl (C=O) groups is 4. The zero-order valence-electron chi connectivity index (χ0n) is 20.4. The summed E-state index contributed by atoms with van der Waals surface area (Å²) in [6.45, 7) is 6.80. The number of hydrogen-bond donors (Lipinski definition) is 0. The lowest BCUT2D eigenvalue weighted by atomic mass is 9.97. The second-order valence-electron chi connectivity index (χ2n) is 7.79. The fourth-order valence-corrected chi connectivity index (χ4v) is 4.87. The number of hydrogen-bond acceptors (Lipinski definition) is 9. The number of esters is 2. The van der Waals surface area contributed by atoms with Crippen molar-refractivity contribution in [3.05, 3.63) is 62.9 Å². The van der Waals surface area contributed by atoms with E-state index in [9.17, 15) is 24.4 Å². The van der Waals surface area contributed by atoms with Gasteiger partial charge in [-0.15, -0.1) is 11.3 Å². The van der Waals surface area contributed by atoms with Gasteiger partial charge in [-0.3, -0.25) is 9.59 Å². The molecule has 1 aliphatic rings. The van der Waals surface area contributed by atoms with Crippen LogP contribution in [0.15, 0.2) is 47.1 Å². The number of para-hydroxylation sites is 1. The first-order valence-corrected chi connectivity index (χ1v) is 12.1. The van der Waals surface area contributed by atoms with Gasteiger partial charge in [0.15, 0.2) is 5.78 Å². The van der Waals surface area contributed by atoms with Crippen LogP contribution in [0.2, 0.25) is 0 Å². The van der Waals surface area contributed by atoms with Crippen molar-refractivity contribution in [2.75, 3.05) is 18.2 Å². The van der Waals surface area contributed by atoms with Crippen LogP contribution in [-0.2, 0) is 25.5 Å². The molecular weight excluding hydrogens is 482 g/mol. The molecule has 0 radical (unpaired) electrons. The Morgan fingerprint density at radius 2 is 1.75 bits per heavy atom. The Morgan fingerprint density at radius 3 is 2.36 bits per heavy atom. The van der Waals surface area contributed by atoms with Crippen molar-refractivity contribution in [1.29, 1.82) is 5.26 Å². The highest BCUT2D eigenvalue weighted by atomic mass is 32.1. The number of rotatable bonds is 9. The molecule has 0 aliphatic carbocycles. The molecule has 1 amide bonds. The summed E-state index contributed by atoms with van der Waals surface area (Å²) in [5, 5.41) is 15.2. The summed E-state index contributed by atoms with van der Waals surface area (Å²) >= 11 is 0.954. The number of thiophene rings is 1. The maximum atomic E-state index is 13.1. The first-order valence-electron chi connectivity index (χ1n) is 11.3. The van der Waals surface area contributed by atoms with E-state index in [0.29, 0.717) is 17.0 Å². The van der Waals surface area contributed by atoms with E-state index in [0.717, 1.165) is 11.3 Å². The zero-order chi connectivity index (χ0) is 26.4. The normalized spacial score (nSPS) is 15.4. The van der Waals surface area contributed by atoms with Gasteiger partial charge in [-0.1, -0.05) is 18.2 Å². The van der Waals surface area contributed by atoms with Crippen molar-refractivity contribution in [2.24, 2.45) is 11.0 Å². The minimum Gasteiger partial charge on any atom is -0.462 e. The van der Waals surface area contributed by atoms with E-state index in [2.05, 4.69) is 5.10 Å². The second-order valence-corrected chi connectivity index (χ2v) is 8.90. The molecule has 2 heterocycles. The molecule has 1 atom stereocenters. The Balaban J connectivity index is 1.91. The van der Waals surface area contributed by atoms with Crippen molar-refractivity contribution in [3.8, 4) is 6.07 Å². The first-order chi connectivity index (χ1) is 17.2. The number of ketones is 1. The molecule has 9 nitrogen and oxygen atoms in total. The molecule has 0 N–H and O–H groups in total. The summed E-state index contributed by atoms with van der Waals surface area (Å²) in [4.78, 5) is 51.6. The summed E-state index contributed by atoms with van der Waals surface area (Å²) in [7, 11) is 0. The van der Waals surface area contributed by atoms with E-state index in [1.807, 2.05) is 12.1 Å². The van der Waals surface area contributed by atoms with E-state index in [1.54, 1.807) is 52.0 Å². The highest BCUT2D eigenvalue weighted by molar-refractivity contribution is 7.14. The van der Waals surface area contributed by atoms with Crippen LogP contribution < -0.4 is 5.01 Å². The Labute approximate surface area is 212 Å². The average molecular weight is 508 g/mol. The minimum atomic E-state index is -0.881. The molecule has 1 aliphatic heterocycles. The molecule has 0 fully saturated rings. The van der Waals surface area contributed by atoms with E-state index >= 15 is 0 Å². The SMILES string of the molecule is CCOC(=O)c1sc(CC(=O)/C(C#N)=C\[C@@H]2C(=O)N(c3ccccc3)N=C2C)c(C(=O)OCC)c1C. The largest absolute Gasteiger partial charge is 0.462 e. The van der Waals surface area contributed by atoms with Crippen molar-refractivity contribution < 1.29 is 28.7 Å². The lowest BCUT2D eigenvalue weighted by molar-refractivity contribution is -0.118. The topological polar surface area (TPSA) is 126 Å². The van der Waals surface area contributed by atoms with Crippen LogP contribution in [0.5, 0.6) is 0 Å². The van der Waals surface area contributed by atoms with Crippen LogP contribution in [0.25, 0.3) is 0 Å². The number of allylic oxidation sites excluding steroid dienone is 1. The maximum absolute atomic E-state index is 13.1. The third-order valence-corrected chi connectivity index (χ3v) is 6.69. The Hall–Kier alpha value is -4.10. The number of Topliss-reactive ketones (excluding diaryl/α,β-unsaturated/α-hetero) is 1. The molecule has 36 heavy (non-hydrogen) atoms. The first kappa shape index (κ1) is 26.5. The van der Waals surface area contributed by atoms with Gasteiger partial charge in [0, 0.05) is 11.3 Å². The molecule has 0 spiro atoms. The van der Waals surface area contributed by atoms with Gasteiger partial charge in [-0.2, -0.15) is 15.4 Å². The molecule has 0 unspecified atom stereocenters. The molecule has 3 rings (SSSR count). The Kier molecular flexibility index (Phi) is 8.51. The summed E-state index contributed by atoms with van der Waals surface area (Å²) in [6.07, 6.45) is 0.973. The molecule has 10 heteroatoms. The second kappa shape index (κ2) is 11.6. The van der Waals surface area contributed by atoms with Crippen molar-refractivity contribution in [3.63, 3.8) is 0 Å². The lowest BCUT2D eigenvalue weighted by Crippen LogP contribution is -2.26. The maximum Gasteiger partial charge on any atom is 0.348 e. The monoisotopic (exact) mass is 507 g/mol. The smallest absolute Gasteiger partial charge is 0.348 e. The van der Waals surface area contributed by atoms with Gasteiger partial charge in [-0.25, -0.2) is 9.59 Å². The summed E-state index contributed by atoms with van der Waals surface area (Å²) in [6, 6.07) is 10.7.